The maximum Gasteiger partial charge on any atom is 0.262 e. The number of anilines is 3. The molecule has 4 amide bonds. The number of hydrogen-bond acceptors (Lipinski definition) is 12. The van der Waals surface area contributed by atoms with Crippen LogP contribution in [0.1, 0.15) is 59.2 Å². The molecule has 56 heavy (non-hydrogen) atoms. The largest absolute Gasteiger partial charge is 0.507 e. The van der Waals surface area contributed by atoms with Crippen LogP contribution in [0.25, 0.3) is 11.3 Å². The number of nitrogens with one attached hydrogen (secondary N) is 2. The molecular weight excluding hydrogens is 711 g/mol. The highest BCUT2D eigenvalue weighted by Gasteiger charge is 2.46. The van der Waals surface area contributed by atoms with Crippen LogP contribution in [0.15, 0.2) is 48.5 Å². The van der Waals surface area contributed by atoms with Crippen molar-refractivity contribution in [3.63, 3.8) is 0 Å². The molecular formula is C42H49N9O5. The lowest BCUT2D eigenvalue weighted by Crippen LogP contribution is -2.58. The summed E-state index contributed by atoms with van der Waals surface area (Å²) in [5.41, 5.74) is 4.08. The standard InChI is InChI=1S/C42H49N9O5/c52-37-4-2-1-3-32(37)34-18-36-39(46-45-34)43-19-30-24-47(13-14-50(30)36)21-26-15-27-22-48(23-28(27)16-26)20-25-9-11-49(12-10-25)29-5-6-31-33(17-29)42(56)51(41(31)55)35-7-8-38(53)44-40(35)54/h1-6,17-18,25-28,30,35,52H,7-16,19-24H2,(H,43,46)(H,44,53,54)/t26?,27-,28+,30-,35?/m0/s1. The van der Waals surface area contributed by atoms with Crippen LogP contribution in [0, 0.1) is 23.7 Å². The van der Waals surface area contributed by atoms with E-state index in [9.17, 15) is 24.3 Å². The number of benzene rings is 2. The monoisotopic (exact) mass is 759 g/mol. The molecule has 0 bridgehead atoms. The molecule has 5 atom stereocenters. The third kappa shape index (κ3) is 6.36. The van der Waals surface area contributed by atoms with Crippen molar-refractivity contribution >= 4 is 40.8 Å². The summed E-state index contributed by atoms with van der Waals surface area (Å²) in [4.78, 5) is 61.9. The molecule has 1 aromatic heterocycles. The number of piperazine rings is 1. The molecule has 0 radical (unpaired) electrons. The van der Waals surface area contributed by atoms with E-state index < -0.39 is 23.8 Å². The zero-order valence-corrected chi connectivity index (χ0v) is 31.6. The number of fused-ring (bicyclic) bond motifs is 5. The van der Waals surface area contributed by atoms with Crippen LogP contribution in [-0.2, 0) is 9.59 Å². The van der Waals surface area contributed by atoms with Crippen LogP contribution >= 0.6 is 0 Å². The van der Waals surface area contributed by atoms with E-state index in [4.69, 9.17) is 0 Å². The van der Waals surface area contributed by atoms with Gasteiger partial charge in [0.2, 0.25) is 11.8 Å². The summed E-state index contributed by atoms with van der Waals surface area (Å²) in [6, 6.07) is 14.3. The second kappa shape index (κ2) is 14.1. The molecule has 14 nitrogen and oxygen atoms in total. The van der Waals surface area contributed by atoms with Gasteiger partial charge in [-0.1, -0.05) is 12.1 Å². The maximum absolute atomic E-state index is 13.4. The summed E-state index contributed by atoms with van der Waals surface area (Å²) in [7, 11) is 0. The van der Waals surface area contributed by atoms with Gasteiger partial charge in [-0.25, -0.2) is 0 Å². The normalized spacial score (nSPS) is 28.2. The summed E-state index contributed by atoms with van der Waals surface area (Å²) < 4.78 is 0. The molecule has 14 heteroatoms. The number of rotatable bonds is 7. The fraction of sp³-hybridized carbons (Fsp3) is 0.524. The Labute approximate surface area is 326 Å². The molecule has 5 fully saturated rings. The zero-order valence-electron chi connectivity index (χ0n) is 31.6. The topological polar surface area (TPSA) is 155 Å². The molecule has 2 aromatic carbocycles. The minimum Gasteiger partial charge on any atom is -0.507 e. The van der Waals surface area contributed by atoms with E-state index in [2.05, 4.69) is 46.5 Å². The number of likely N-dealkylation sites (tertiary alicyclic amines) is 1. The van der Waals surface area contributed by atoms with Crippen LogP contribution in [0.3, 0.4) is 0 Å². The van der Waals surface area contributed by atoms with Gasteiger partial charge >= 0.3 is 0 Å². The molecule has 292 valence electrons. The van der Waals surface area contributed by atoms with Gasteiger partial charge in [0, 0.05) is 83.1 Å². The Bertz CT molecular complexity index is 2070. The molecule has 4 saturated heterocycles. The van der Waals surface area contributed by atoms with E-state index in [0.717, 1.165) is 98.5 Å². The van der Waals surface area contributed by atoms with Crippen molar-refractivity contribution in [2.75, 3.05) is 80.6 Å². The van der Waals surface area contributed by atoms with Gasteiger partial charge in [-0.3, -0.25) is 34.3 Å². The Hall–Kier alpha value is -5.08. The highest BCUT2D eigenvalue weighted by Crippen LogP contribution is 2.43. The fourth-order valence-corrected chi connectivity index (χ4v) is 10.9. The lowest BCUT2D eigenvalue weighted by molar-refractivity contribution is -0.136. The van der Waals surface area contributed by atoms with E-state index in [0.29, 0.717) is 34.3 Å². The van der Waals surface area contributed by atoms with Gasteiger partial charge in [-0.05, 0) is 92.2 Å². The summed E-state index contributed by atoms with van der Waals surface area (Å²) in [6.45, 7) is 10.5. The van der Waals surface area contributed by atoms with Crippen molar-refractivity contribution < 1.29 is 24.3 Å². The highest BCUT2D eigenvalue weighted by molar-refractivity contribution is 6.23. The summed E-state index contributed by atoms with van der Waals surface area (Å²) in [5.74, 6) is 2.16. The second-order valence-electron chi connectivity index (χ2n) is 17.2. The lowest BCUT2D eigenvalue weighted by Gasteiger charge is -2.46. The van der Waals surface area contributed by atoms with Gasteiger partial charge in [-0.15, -0.1) is 10.2 Å². The number of hydrogen-bond donors (Lipinski definition) is 3. The minimum atomic E-state index is -0.949. The molecule has 3 N–H and O–H groups in total. The van der Waals surface area contributed by atoms with Crippen molar-refractivity contribution in [2.45, 2.75) is 50.6 Å². The number of carbonyl (C=O) groups excluding carboxylic acids is 4. The van der Waals surface area contributed by atoms with Gasteiger partial charge < -0.3 is 25.1 Å². The number of carbonyl (C=O) groups is 4. The molecule has 2 unspecified atom stereocenters. The predicted octanol–water partition coefficient (Wildman–Crippen LogP) is 3.04. The first-order chi connectivity index (χ1) is 27.3. The van der Waals surface area contributed by atoms with Crippen molar-refractivity contribution in [1.82, 2.24) is 30.2 Å². The summed E-state index contributed by atoms with van der Waals surface area (Å²) in [6.07, 6.45) is 5.10. The SMILES string of the molecule is O=C1CCC(N2C(=O)c3ccc(N4CCC(CN5C[C@H]6CC(CN7CCN8c9cc(-c%10ccccc%10O)nnc9NC[C@H]8C7)C[C@H]6C5)CC4)cc3C2=O)C(=O)N1. The van der Waals surface area contributed by atoms with Crippen LogP contribution < -0.4 is 20.4 Å². The minimum absolute atomic E-state index is 0.111. The Morgan fingerprint density at radius 2 is 1.52 bits per heavy atom. The summed E-state index contributed by atoms with van der Waals surface area (Å²) in [5, 5.41) is 25.1. The highest BCUT2D eigenvalue weighted by atomic mass is 16.3. The molecule has 7 aliphatic rings. The van der Waals surface area contributed by atoms with Crippen LogP contribution in [0.2, 0.25) is 0 Å². The van der Waals surface area contributed by atoms with Gasteiger partial charge in [0.25, 0.3) is 11.8 Å². The Morgan fingerprint density at radius 3 is 2.30 bits per heavy atom. The maximum atomic E-state index is 13.4. The first-order valence-electron chi connectivity index (χ1n) is 20.5. The number of nitrogens with zero attached hydrogens (tertiary/aromatic N) is 7. The molecule has 7 heterocycles. The van der Waals surface area contributed by atoms with E-state index >= 15 is 0 Å². The van der Waals surface area contributed by atoms with Gasteiger partial charge in [0.15, 0.2) is 5.82 Å². The van der Waals surface area contributed by atoms with Crippen molar-refractivity contribution in [1.29, 1.82) is 0 Å². The van der Waals surface area contributed by atoms with E-state index in [-0.39, 0.29) is 24.5 Å². The van der Waals surface area contributed by atoms with E-state index in [1.165, 1.54) is 32.5 Å². The third-order valence-electron chi connectivity index (χ3n) is 13.7. The molecule has 1 aliphatic carbocycles. The number of phenols is 1. The Morgan fingerprint density at radius 1 is 0.750 bits per heavy atom. The molecule has 10 rings (SSSR count). The van der Waals surface area contributed by atoms with Gasteiger partial charge in [0.1, 0.15) is 11.8 Å². The Balaban J connectivity index is 0.684. The zero-order chi connectivity index (χ0) is 38.1. The van der Waals surface area contributed by atoms with Crippen molar-refractivity contribution in [2.24, 2.45) is 23.7 Å². The van der Waals surface area contributed by atoms with Crippen molar-refractivity contribution in [3.05, 3.63) is 59.7 Å². The van der Waals surface area contributed by atoms with Crippen LogP contribution in [0.4, 0.5) is 17.2 Å². The lowest BCUT2D eigenvalue weighted by atomic mass is 9.95. The van der Waals surface area contributed by atoms with Crippen molar-refractivity contribution in [3.8, 4) is 17.0 Å². The average Bonchev–Trinajstić information content (AvgIpc) is 3.83. The van der Waals surface area contributed by atoms with Gasteiger partial charge in [-0.2, -0.15) is 0 Å². The molecule has 1 saturated carbocycles. The molecule has 3 aromatic rings. The quantitative estimate of drug-likeness (QED) is 0.304. The number of amides is 4. The van der Waals surface area contributed by atoms with Gasteiger partial charge in [0.05, 0.1) is 28.6 Å². The number of imide groups is 2. The predicted molar refractivity (Wildman–Crippen MR) is 209 cm³/mol. The number of aromatic nitrogens is 2. The third-order valence-corrected chi connectivity index (χ3v) is 13.7. The number of phenolic OH excluding ortho intramolecular Hbond substituents is 1. The van der Waals surface area contributed by atoms with E-state index in [1.54, 1.807) is 12.1 Å². The second-order valence-corrected chi connectivity index (χ2v) is 17.2. The van der Waals surface area contributed by atoms with Crippen LogP contribution in [0.5, 0.6) is 5.75 Å². The number of aromatic hydroxyl groups is 1. The Kier molecular flexibility index (Phi) is 8.92. The van der Waals surface area contributed by atoms with Crippen LogP contribution in [-0.4, -0.2) is 131 Å². The molecule has 0 spiro atoms. The number of para-hydroxylation sites is 1. The summed E-state index contributed by atoms with van der Waals surface area (Å²) >= 11 is 0. The first kappa shape index (κ1) is 35.3. The molecule has 6 aliphatic heterocycles. The fourth-order valence-electron chi connectivity index (χ4n) is 10.9. The smallest absolute Gasteiger partial charge is 0.262 e. The number of piperidine rings is 2. The first-order valence-corrected chi connectivity index (χ1v) is 20.5. The average molecular weight is 760 g/mol. The van der Waals surface area contributed by atoms with E-state index in [1.807, 2.05) is 30.3 Å².